The van der Waals surface area contributed by atoms with Crippen LogP contribution in [0.1, 0.15) is 36.7 Å². The monoisotopic (exact) mass is 203 g/mol. The lowest BCUT2D eigenvalue weighted by Gasteiger charge is -2.23. The van der Waals surface area contributed by atoms with Gasteiger partial charge in [0, 0.05) is 23.8 Å². The number of rotatable bonds is 2. The third kappa shape index (κ3) is 1.76. The number of carbonyl (C=O) groups excluding carboxylic acids is 1. The van der Waals surface area contributed by atoms with E-state index in [1.165, 1.54) is 11.3 Å². The van der Waals surface area contributed by atoms with Crippen LogP contribution in [-0.4, -0.2) is 18.4 Å². The van der Waals surface area contributed by atoms with Gasteiger partial charge in [0.25, 0.3) is 0 Å². The van der Waals surface area contributed by atoms with Crippen LogP contribution in [0.3, 0.4) is 0 Å². The van der Waals surface area contributed by atoms with Crippen LogP contribution in [0.25, 0.3) is 0 Å². The van der Waals surface area contributed by atoms with Crippen LogP contribution in [0.2, 0.25) is 0 Å². The number of Topliss-reactive ketones (excluding diaryl/α,β-unsaturated/α-hetero) is 1. The second-order valence-electron chi connectivity index (χ2n) is 4.44. The number of fused-ring (bicyclic) bond motifs is 1. The van der Waals surface area contributed by atoms with Gasteiger partial charge in [0.05, 0.1) is 0 Å². The van der Waals surface area contributed by atoms with Crippen LogP contribution in [0.15, 0.2) is 18.2 Å². The molecule has 2 nitrogen and oxygen atoms in total. The summed E-state index contributed by atoms with van der Waals surface area (Å²) in [5.74, 6) is 0.154. The van der Waals surface area contributed by atoms with Crippen molar-refractivity contribution in [2.24, 2.45) is 0 Å². The molecule has 80 valence electrons. The lowest BCUT2D eigenvalue weighted by molar-refractivity contribution is 0.101. The molecule has 0 aliphatic carbocycles. The fourth-order valence-electron chi connectivity index (χ4n) is 2.18. The van der Waals surface area contributed by atoms with Gasteiger partial charge in [-0.3, -0.25) is 4.79 Å². The van der Waals surface area contributed by atoms with Crippen molar-refractivity contribution < 1.29 is 4.79 Å². The largest absolute Gasteiger partial charge is 0.369 e. The van der Waals surface area contributed by atoms with Crippen molar-refractivity contribution in [2.45, 2.75) is 33.2 Å². The maximum atomic E-state index is 11.2. The molecule has 1 aromatic carbocycles. The smallest absolute Gasteiger partial charge is 0.159 e. The van der Waals surface area contributed by atoms with Crippen molar-refractivity contribution in [3.8, 4) is 0 Å². The topological polar surface area (TPSA) is 20.3 Å². The van der Waals surface area contributed by atoms with E-state index in [-0.39, 0.29) is 5.78 Å². The number of hydrogen-bond acceptors (Lipinski definition) is 2. The highest BCUT2D eigenvalue weighted by Crippen LogP contribution is 2.30. The molecule has 15 heavy (non-hydrogen) atoms. The highest BCUT2D eigenvalue weighted by atomic mass is 16.1. The first-order chi connectivity index (χ1) is 7.09. The van der Waals surface area contributed by atoms with Gasteiger partial charge in [-0.15, -0.1) is 0 Å². The third-order valence-corrected chi connectivity index (χ3v) is 3.04. The highest BCUT2D eigenvalue weighted by molar-refractivity contribution is 5.94. The lowest BCUT2D eigenvalue weighted by atomic mass is 10.1. The Balaban J connectivity index is 2.37. The number of nitrogens with zero attached hydrogens (tertiary/aromatic N) is 1. The molecule has 2 heteroatoms. The molecular weight excluding hydrogens is 186 g/mol. The Hall–Kier alpha value is -1.31. The number of carbonyl (C=O) groups is 1. The average molecular weight is 203 g/mol. The van der Waals surface area contributed by atoms with Gasteiger partial charge in [-0.1, -0.05) is 0 Å². The first-order valence-corrected chi connectivity index (χ1v) is 5.50. The normalized spacial score (nSPS) is 14.5. The van der Waals surface area contributed by atoms with Crippen molar-refractivity contribution >= 4 is 11.5 Å². The maximum Gasteiger partial charge on any atom is 0.159 e. The van der Waals surface area contributed by atoms with E-state index in [0.717, 1.165) is 18.5 Å². The molecule has 2 rings (SSSR count). The fourth-order valence-corrected chi connectivity index (χ4v) is 2.18. The van der Waals surface area contributed by atoms with Crippen molar-refractivity contribution in [1.29, 1.82) is 0 Å². The van der Waals surface area contributed by atoms with E-state index in [2.05, 4.69) is 24.8 Å². The Kier molecular flexibility index (Phi) is 2.51. The van der Waals surface area contributed by atoms with Gasteiger partial charge in [0.1, 0.15) is 0 Å². The van der Waals surface area contributed by atoms with Crippen molar-refractivity contribution in [1.82, 2.24) is 0 Å². The summed E-state index contributed by atoms with van der Waals surface area (Å²) in [6.45, 7) is 7.10. The minimum Gasteiger partial charge on any atom is -0.369 e. The molecule has 0 saturated carbocycles. The molecule has 0 radical (unpaired) electrons. The van der Waals surface area contributed by atoms with Gasteiger partial charge in [-0.25, -0.2) is 0 Å². The molecule has 1 aliphatic rings. The molecule has 1 aromatic rings. The summed E-state index contributed by atoms with van der Waals surface area (Å²) in [5, 5.41) is 0. The Labute approximate surface area is 90.9 Å². The Morgan fingerprint density at radius 3 is 2.73 bits per heavy atom. The van der Waals surface area contributed by atoms with E-state index in [9.17, 15) is 4.79 Å². The highest BCUT2D eigenvalue weighted by Gasteiger charge is 2.21. The van der Waals surface area contributed by atoms with Gasteiger partial charge in [0.2, 0.25) is 0 Å². The SMILES string of the molecule is CC(=O)c1ccc2c(c1)CCN2C(C)C. The zero-order chi connectivity index (χ0) is 11.0. The Bertz CT molecular complexity index is 396. The molecule has 1 aliphatic heterocycles. The Morgan fingerprint density at radius 1 is 1.40 bits per heavy atom. The van der Waals surface area contributed by atoms with E-state index in [1.54, 1.807) is 6.92 Å². The first-order valence-electron chi connectivity index (χ1n) is 5.50. The van der Waals surface area contributed by atoms with Crippen molar-refractivity contribution in [3.63, 3.8) is 0 Å². The molecule has 0 fully saturated rings. The van der Waals surface area contributed by atoms with Gasteiger partial charge >= 0.3 is 0 Å². The molecule has 0 amide bonds. The summed E-state index contributed by atoms with van der Waals surface area (Å²) in [4.78, 5) is 13.6. The second-order valence-corrected chi connectivity index (χ2v) is 4.44. The zero-order valence-electron chi connectivity index (χ0n) is 9.58. The third-order valence-electron chi connectivity index (χ3n) is 3.04. The number of anilines is 1. The van der Waals surface area contributed by atoms with Gasteiger partial charge in [-0.05, 0) is 51.0 Å². The summed E-state index contributed by atoms with van der Waals surface area (Å²) in [6.07, 6.45) is 1.06. The minimum atomic E-state index is 0.154. The summed E-state index contributed by atoms with van der Waals surface area (Å²) >= 11 is 0. The molecule has 0 spiro atoms. The zero-order valence-corrected chi connectivity index (χ0v) is 9.58. The number of ketones is 1. The van der Waals surface area contributed by atoms with Crippen LogP contribution in [0.4, 0.5) is 5.69 Å². The molecule has 0 N–H and O–H groups in total. The van der Waals surface area contributed by atoms with Crippen molar-refractivity contribution in [3.05, 3.63) is 29.3 Å². The van der Waals surface area contributed by atoms with Crippen LogP contribution >= 0.6 is 0 Å². The van der Waals surface area contributed by atoms with Gasteiger partial charge < -0.3 is 4.90 Å². The van der Waals surface area contributed by atoms with E-state index >= 15 is 0 Å². The molecule has 1 heterocycles. The predicted molar refractivity (Wildman–Crippen MR) is 62.6 cm³/mol. The van der Waals surface area contributed by atoms with Crippen LogP contribution in [0, 0.1) is 0 Å². The molecule has 0 bridgehead atoms. The lowest BCUT2D eigenvalue weighted by Crippen LogP contribution is -2.28. The predicted octanol–water partition coefficient (Wildman–Crippen LogP) is 2.66. The molecule has 0 saturated heterocycles. The molecular formula is C13H17NO. The summed E-state index contributed by atoms with van der Waals surface area (Å²) in [6, 6.07) is 6.59. The first kappa shape index (κ1) is 10.2. The quantitative estimate of drug-likeness (QED) is 0.689. The molecule has 0 unspecified atom stereocenters. The van der Waals surface area contributed by atoms with Gasteiger partial charge in [0.15, 0.2) is 5.78 Å². The summed E-state index contributed by atoms with van der Waals surface area (Å²) in [7, 11) is 0. The number of benzene rings is 1. The van der Waals surface area contributed by atoms with Crippen molar-refractivity contribution in [2.75, 3.05) is 11.4 Å². The van der Waals surface area contributed by atoms with E-state index in [4.69, 9.17) is 0 Å². The fraction of sp³-hybridized carbons (Fsp3) is 0.462. The van der Waals surface area contributed by atoms with E-state index in [1.807, 2.05) is 12.1 Å². The summed E-state index contributed by atoms with van der Waals surface area (Å²) < 4.78 is 0. The van der Waals surface area contributed by atoms with Gasteiger partial charge in [-0.2, -0.15) is 0 Å². The second kappa shape index (κ2) is 3.69. The Morgan fingerprint density at radius 2 is 2.13 bits per heavy atom. The van der Waals surface area contributed by atoms with Crippen LogP contribution < -0.4 is 4.90 Å². The van der Waals surface area contributed by atoms with E-state index in [0.29, 0.717) is 6.04 Å². The maximum absolute atomic E-state index is 11.2. The van der Waals surface area contributed by atoms with Crippen LogP contribution in [-0.2, 0) is 6.42 Å². The molecule has 0 atom stereocenters. The molecule has 0 aromatic heterocycles. The van der Waals surface area contributed by atoms with E-state index < -0.39 is 0 Å². The van der Waals surface area contributed by atoms with Crippen LogP contribution in [0.5, 0.6) is 0 Å². The number of hydrogen-bond donors (Lipinski definition) is 0. The average Bonchev–Trinajstić information content (AvgIpc) is 2.59. The minimum absolute atomic E-state index is 0.154. The summed E-state index contributed by atoms with van der Waals surface area (Å²) in [5.41, 5.74) is 3.45. The standard InChI is InChI=1S/C13H17NO/c1-9(2)14-7-6-12-8-11(10(3)15)4-5-13(12)14/h4-5,8-9H,6-7H2,1-3H3.